The van der Waals surface area contributed by atoms with Crippen molar-refractivity contribution in [2.75, 3.05) is 18.2 Å². The number of anilines is 3. The van der Waals surface area contributed by atoms with E-state index < -0.39 is 5.97 Å². The van der Waals surface area contributed by atoms with Crippen LogP contribution < -0.4 is 11.1 Å². The predicted octanol–water partition coefficient (Wildman–Crippen LogP) is 3.92. The molecule has 0 saturated heterocycles. The van der Waals surface area contributed by atoms with Crippen molar-refractivity contribution in [3.63, 3.8) is 0 Å². The molecule has 21 heavy (non-hydrogen) atoms. The smallest absolute Gasteiger partial charge is 0.340 e. The molecule has 0 saturated carbocycles. The van der Waals surface area contributed by atoms with E-state index in [1.54, 1.807) is 12.1 Å². The fraction of sp³-hybridized carbons (Fsp3) is 0.235. The fourth-order valence-corrected chi connectivity index (χ4v) is 2.04. The molecule has 2 rings (SSSR count). The lowest BCUT2D eigenvalue weighted by atomic mass is 10.0. The molecule has 110 valence electrons. The Kier molecular flexibility index (Phi) is 4.48. The molecular formula is C17H20N2O2. The van der Waals surface area contributed by atoms with Gasteiger partial charge in [0.15, 0.2) is 0 Å². The second-order valence-corrected chi connectivity index (χ2v) is 5.20. The second-order valence-electron chi connectivity index (χ2n) is 5.20. The summed E-state index contributed by atoms with van der Waals surface area (Å²) in [5.74, 6) is 0.0628. The van der Waals surface area contributed by atoms with Crippen LogP contribution in [0.25, 0.3) is 0 Å². The summed E-state index contributed by atoms with van der Waals surface area (Å²) in [5.41, 5.74) is 9.59. The highest BCUT2D eigenvalue weighted by atomic mass is 16.5. The minimum Gasteiger partial charge on any atom is -0.465 e. The van der Waals surface area contributed by atoms with E-state index in [0.717, 1.165) is 11.4 Å². The first-order valence-electron chi connectivity index (χ1n) is 6.86. The average Bonchev–Trinajstić information content (AvgIpc) is 2.49. The largest absolute Gasteiger partial charge is 0.465 e. The zero-order valence-corrected chi connectivity index (χ0v) is 12.5. The fourth-order valence-electron chi connectivity index (χ4n) is 2.04. The van der Waals surface area contributed by atoms with E-state index >= 15 is 0 Å². The van der Waals surface area contributed by atoms with Crippen LogP contribution in [-0.2, 0) is 4.74 Å². The molecule has 4 nitrogen and oxygen atoms in total. The number of nitrogen functional groups attached to an aromatic ring is 1. The molecule has 0 bridgehead atoms. The topological polar surface area (TPSA) is 64.3 Å². The van der Waals surface area contributed by atoms with Gasteiger partial charge in [0.05, 0.1) is 12.7 Å². The van der Waals surface area contributed by atoms with E-state index in [9.17, 15) is 4.79 Å². The van der Waals surface area contributed by atoms with Crippen molar-refractivity contribution in [3.05, 3.63) is 53.6 Å². The molecule has 0 heterocycles. The van der Waals surface area contributed by atoms with Gasteiger partial charge in [-0.05, 0) is 41.8 Å². The molecule has 0 spiro atoms. The number of esters is 1. The van der Waals surface area contributed by atoms with Crippen molar-refractivity contribution in [3.8, 4) is 0 Å². The number of rotatable bonds is 4. The number of benzene rings is 2. The number of nitrogens with one attached hydrogen (secondary N) is 1. The highest BCUT2D eigenvalue weighted by molar-refractivity contribution is 5.96. The van der Waals surface area contributed by atoms with Crippen LogP contribution in [-0.4, -0.2) is 13.1 Å². The Bertz CT molecular complexity index is 634. The molecular weight excluding hydrogens is 264 g/mol. The van der Waals surface area contributed by atoms with Gasteiger partial charge in [-0.25, -0.2) is 4.79 Å². The summed E-state index contributed by atoms with van der Waals surface area (Å²) in [4.78, 5) is 11.6. The predicted molar refractivity (Wildman–Crippen MR) is 86.0 cm³/mol. The van der Waals surface area contributed by atoms with Crippen LogP contribution in [0.4, 0.5) is 17.1 Å². The Morgan fingerprint density at radius 1 is 1.10 bits per heavy atom. The van der Waals surface area contributed by atoms with Crippen molar-refractivity contribution in [1.29, 1.82) is 0 Å². The quantitative estimate of drug-likeness (QED) is 0.659. The summed E-state index contributed by atoms with van der Waals surface area (Å²) in [6, 6.07) is 13.4. The van der Waals surface area contributed by atoms with Gasteiger partial charge in [0.25, 0.3) is 0 Å². The summed E-state index contributed by atoms with van der Waals surface area (Å²) in [5, 5.41) is 3.25. The van der Waals surface area contributed by atoms with E-state index in [0.29, 0.717) is 17.2 Å². The molecule has 3 N–H and O–H groups in total. The van der Waals surface area contributed by atoms with Crippen LogP contribution in [0.15, 0.2) is 42.5 Å². The maximum absolute atomic E-state index is 11.6. The lowest BCUT2D eigenvalue weighted by molar-refractivity contribution is 0.0602. The first-order valence-corrected chi connectivity index (χ1v) is 6.86. The van der Waals surface area contributed by atoms with Crippen molar-refractivity contribution < 1.29 is 9.53 Å². The molecule has 0 aliphatic heterocycles. The number of hydrogen-bond acceptors (Lipinski definition) is 4. The standard InChI is InChI=1S/C17H20N2O2/c1-11(2)12-4-6-13(7-5-12)19-14-8-9-16(18)15(10-14)17(20)21-3/h4-11,19H,18H2,1-3H3. The highest BCUT2D eigenvalue weighted by Crippen LogP contribution is 2.23. The summed E-state index contributed by atoms with van der Waals surface area (Å²) in [6.07, 6.45) is 0. The van der Waals surface area contributed by atoms with Crippen molar-refractivity contribution in [2.45, 2.75) is 19.8 Å². The van der Waals surface area contributed by atoms with Crippen molar-refractivity contribution >= 4 is 23.0 Å². The number of hydrogen-bond donors (Lipinski definition) is 2. The Labute approximate surface area is 124 Å². The van der Waals surface area contributed by atoms with Crippen LogP contribution in [0.1, 0.15) is 35.7 Å². The number of nitrogens with two attached hydrogens (primary N) is 1. The number of carbonyl (C=O) groups excluding carboxylic acids is 1. The molecule has 2 aromatic carbocycles. The Hall–Kier alpha value is -2.49. The monoisotopic (exact) mass is 284 g/mol. The molecule has 2 aromatic rings. The molecule has 0 aliphatic carbocycles. The number of carbonyl (C=O) groups is 1. The molecule has 0 amide bonds. The lowest BCUT2D eigenvalue weighted by Gasteiger charge is -2.11. The SMILES string of the molecule is COC(=O)c1cc(Nc2ccc(C(C)C)cc2)ccc1N. The third-order valence-electron chi connectivity index (χ3n) is 3.32. The third-order valence-corrected chi connectivity index (χ3v) is 3.32. The zero-order valence-electron chi connectivity index (χ0n) is 12.5. The lowest BCUT2D eigenvalue weighted by Crippen LogP contribution is -2.06. The van der Waals surface area contributed by atoms with E-state index in [1.807, 2.05) is 18.2 Å². The van der Waals surface area contributed by atoms with Crippen molar-refractivity contribution in [2.24, 2.45) is 0 Å². The van der Waals surface area contributed by atoms with E-state index in [1.165, 1.54) is 12.7 Å². The number of methoxy groups -OCH3 is 1. The van der Waals surface area contributed by atoms with Crippen LogP contribution >= 0.6 is 0 Å². The Balaban J connectivity index is 2.21. The zero-order chi connectivity index (χ0) is 15.4. The first-order chi connectivity index (χ1) is 10.0. The van der Waals surface area contributed by atoms with Gasteiger partial charge in [-0.1, -0.05) is 26.0 Å². The average molecular weight is 284 g/mol. The van der Waals surface area contributed by atoms with Crippen LogP contribution in [0.3, 0.4) is 0 Å². The van der Waals surface area contributed by atoms with Gasteiger partial charge in [0.2, 0.25) is 0 Å². The van der Waals surface area contributed by atoms with E-state index in [2.05, 4.69) is 31.3 Å². The normalized spacial score (nSPS) is 10.5. The molecule has 0 unspecified atom stereocenters. The molecule has 0 radical (unpaired) electrons. The molecule has 0 atom stereocenters. The summed E-state index contributed by atoms with van der Waals surface area (Å²) in [7, 11) is 1.34. The van der Waals surface area contributed by atoms with Gasteiger partial charge in [0.1, 0.15) is 0 Å². The highest BCUT2D eigenvalue weighted by Gasteiger charge is 2.10. The minimum atomic E-state index is -0.439. The Morgan fingerprint density at radius 2 is 1.71 bits per heavy atom. The summed E-state index contributed by atoms with van der Waals surface area (Å²) < 4.78 is 4.72. The van der Waals surface area contributed by atoms with Gasteiger partial charge in [-0.2, -0.15) is 0 Å². The summed E-state index contributed by atoms with van der Waals surface area (Å²) >= 11 is 0. The first kappa shape index (κ1) is 14.9. The van der Waals surface area contributed by atoms with E-state index in [4.69, 9.17) is 10.5 Å². The van der Waals surface area contributed by atoms with Gasteiger partial charge in [-0.3, -0.25) is 0 Å². The van der Waals surface area contributed by atoms with Gasteiger partial charge < -0.3 is 15.8 Å². The second kappa shape index (κ2) is 6.31. The Morgan fingerprint density at radius 3 is 2.29 bits per heavy atom. The van der Waals surface area contributed by atoms with E-state index in [-0.39, 0.29) is 0 Å². The third kappa shape index (κ3) is 3.54. The molecule has 0 aliphatic rings. The van der Waals surface area contributed by atoms with Gasteiger partial charge in [0, 0.05) is 17.1 Å². The number of ether oxygens (including phenoxy) is 1. The molecule has 0 fully saturated rings. The minimum absolute atomic E-state index is 0.362. The van der Waals surface area contributed by atoms with Crippen LogP contribution in [0.5, 0.6) is 0 Å². The molecule has 0 aromatic heterocycles. The van der Waals surface area contributed by atoms with Crippen molar-refractivity contribution in [1.82, 2.24) is 0 Å². The van der Waals surface area contributed by atoms with Gasteiger partial charge >= 0.3 is 5.97 Å². The maximum Gasteiger partial charge on any atom is 0.340 e. The van der Waals surface area contributed by atoms with Gasteiger partial charge in [-0.15, -0.1) is 0 Å². The maximum atomic E-state index is 11.6. The summed E-state index contributed by atoms with van der Waals surface area (Å²) in [6.45, 7) is 4.32. The van der Waals surface area contributed by atoms with Crippen LogP contribution in [0, 0.1) is 0 Å². The van der Waals surface area contributed by atoms with Crippen LogP contribution in [0.2, 0.25) is 0 Å². The molecule has 4 heteroatoms.